The molecule has 1 atom stereocenters. The first-order valence-electron chi connectivity index (χ1n) is 8.91. The van der Waals surface area contributed by atoms with Gasteiger partial charge in [-0.05, 0) is 50.9 Å². The lowest BCUT2D eigenvalue weighted by molar-refractivity contribution is 0.208. The van der Waals surface area contributed by atoms with E-state index < -0.39 is 0 Å². The van der Waals surface area contributed by atoms with Crippen molar-refractivity contribution in [1.82, 2.24) is 14.7 Å². The topological polar surface area (TPSA) is 33.1 Å². The van der Waals surface area contributed by atoms with Gasteiger partial charge in [0.2, 0.25) is 0 Å². The SMILES string of the molecule is CCCn1ncc(CN2CCC[C@H](Nc3cccc(F)c3)C2)c1C. The van der Waals surface area contributed by atoms with E-state index in [1.165, 1.54) is 17.3 Å². The Hall–Kier alpha value is -1.88. The van der Waals surface area contributed by atoms with E-state index in [0.717, 1.165) is 51.1 Å². The first kappa shape index (κ1) is 17.0. The van der Waals surface area contributed by atoms with Gasteiger partial charge in [0.15, 0.2) is 0 Å². The minimum atomic E-state index is -0.188. The summed E-state index contributed by atoms with van der Waals surface area (Å²) in [6.45, 7) is 8.35. The monoisotopic (exact) mass is 330 g/mol. The average molecular weight is 330 g/mol. The van der Waals surface area contributed by atoms with Crippen LogP contribution in [0.4, 0.5) is 10.1 Å². The summed E-state index contributed by atoms with van der Waals surface area (Å²) in [6.07, 6.45) is 5.40. The van der Waals surface area contributed by atoms with Gasteiger partial charge in [0.05, 0.1) is 6.20 Å². The van der Waals surface area contributed by atoms with Crippen molar-refractivity contribution in [2.75, 3.05) is 18.4 Å². The summed E-state index contributed by atoms with van der Waals surface area (Å²) >= 11 is 0. The zero-order chi connectivity index (χ0) is 16.9. The molecule has 1 aromatic carbocycles. The standard InChI is InChI=1S/C19H27FN4/c1-3-9-24-15(2)16(12-21-24)13-23-10-5-8-19(14-23)22-18-7-4-6-17(20)11-18/h4,6-7,11-12,19,22H,3,5,8-10,13-14H2,1-2H3/t19-/m0/s1. The van der Waals surface area contributed by atoms with Crippen LogP contribution in [-0.2, 0) is 13.1 Å². The summed E-state index contributed by atoms with van der Waals surface area (Å²) in [4.78, 5) is 2.47. The maximum Gasteiger partial charge on any atom is 0.125 e. The van der Waals surface area contributed by atoms with E-state index in [9.17, 15) is 4.39 Å². The van der Waals surface area contributed by atoms with Crippen LogP contribution in [0.5, 0.6) is 0 Å². The second-order valence-electron chi connectivity index (χ2n) is 6.71. The molecule has 1 N–H and O–H groups in total. The van der Waals surface area contributed by atoms with Gasteiger partial charge in [0.25, 0.3) is 0 Å². The number of rotatable bonds is 6. The van der Waals surface area contributed by atoms with Gasteiger partial charge in [-0.3, -0.25) is 9.58 Å². The van der Waals surface area contributed by atoms with E-state index in [-0.39, 0.29) is 5.82 Å². The Kier molecular flexibility index (Phi) is 5.51. The molecule has 1 aliphatic heterocycles. The number of benzene rings is 1. The van der Waals surface area contributed by atoms with Crippen LogP contribution in [0.1, 0.15) is 37.4 Å². The van der Waals surface area contributed by atoms with Gasteiger partial charge >= 0.3 is 0 Å². The highest BCUT2D eigenvalue weighted by atomic mass is 19.1. The number of piperidine rings is 1. The Morgan fingerprint density at radius 3 is 3.04 bits per heavy atom. The summed E-state index contributed by atoms with van der Waals surface area (Å²) in [5.74, 6) is -0.188. The van der Waals surface area contributed by atoms with Gasteiger partial charge in [-0.2, -0.15) is 5.10 Å². The number of aromatic nitrogens is 2. The van der Waals surface area contributed by atoms with E-state index in [2.05, 4.69) is 33.8 Å². The largest absolute Gasteiger partial charge is 0.381 e. The maximum atomic E-state index is 13.3. The zero-order valence-electron chi connectivity index (χ0n) is 14.6. The average Bonchev–Trinajstić information content (AvgIpc) is 2.89. The van der Waals surface area contributed by atoms with Crippen molar-refractivity contribution in [1.29, 1.82) is 0 Å². The lowest BCUT2D eigenvalue weighted by Gasteiger charge is -2.33. The number of hydrogen-bond acceptors (Lipinski definition) is 3. The van der Waals surface area contributed by atoms with E-state index in [1.54, 1.807) is 12.1 Å². The number of likely N-dealkylation sites (tertiary alicyclic amines) is 1. The van der Waals surface area contributed by atoms with Gasteiger partial charge < -0.3 is 5.32 Å². The van der Waals surface area contributed by atoms with Crippen molar-refractivity contribution in [3.8, 4) is 0 Å². The van der Waals surface area contributed by atoms with Gasteiger partial charge in [-0.1, -0.05) is 13.0 Å². The Balaban J connectivity index is 1.59. The summed E-state index contributed by atoms with van der Waals surface area (Å²) in [7, 11) is 0. The fourth-order valence-corrected chi connectivity index (χ4v) is 3.45. The summed E-state index contributed by atoms with van der Waals surface area (Å²) in [5.41, 5.74) is 3.46. The van der Waals surface area contributed by atoms with Crippen LogP contribution in [0.2, 0.25) is 0 Å². The zero-order valence-corrected chi connectivity index (χ0v) is 14.6. The maximum absolute atomic E-state index is 13.3. The summed E-state index contributed by atoms with van der Waals surface area (Å²) in [6, 6.07) is 7.10. The molecule has 24 heavy (non-hydrogen) atoms. The number of halogens is 1. The normalized spacial score (nSPS) is 18.7. The van der Waals surface area contributed by atoms with E-state index in [0.29, 0.717) is 6.04 Å². The molecule has 0 unspecified atom stereocenters. The Labute approximate surface area is 143 Å². The Morgan fingerprint density at radius 2 is 2.25 bits per heavy atom. The van der Waals surface area contributed by atoms with Crippen LogP contribution in [0.3, 0.4) is 0 Å². The Bertz CT molecular complexity index is 667. The second-order valence-corrected chi connectivity index (χ2v) is 6.71. The molecule has 2 aromatic rings. The van der Waals surface area contributed by atoms with Crippen LogP contribution in [0.15, 0.2) is 30.5 Å². The van der Waals surface area contributed by atoms with Crippen LogP contribution in [-0.4, -0.2) is 33.8 Å². The fraction of sp³-hybridized carbons (Fsp3) is 0.526. The smallest absolute Gasteiger partial charge is 0.125 e. The van der Waals surface area contributed by atoms with Crippen LogP contribution in [0.25, 0.3) is 0 Å². The molecule has 130 valence electrons. The number of nitrogens with zero attached hydrogens (tertiary/aromatic N) is 3. The first-order chi connectivity index (χ1) is 11.7. The molecule has 0 amide bonds. The van der Waals surface area contributed by atoms with E-state index in [1.807, 2.05) is 12.3 Å². The van der Waals surface area contributed by atoms with Crippen molar-refractivity contribution in [3.05, 3.63) is 47.5 Å². The van der Waals surface area contributed by atoms with Crippen molar-refractivity contribution >= 4 is 5.69 Å². The third-order valence-corrected chi connectivity index (χ3v) is 4.74. The van der Waals surface area contributed by atoms with E-state index in [4.69, 9.17) is 0 Å². The first-order valence-corrected chi connectivity index (χ1v) is 8.91. The fourth-order valence-electron chi connectivity index (χ4n) is 3.45. The summed E-state index contributed by atoms with van der Waals surface area (Å²) in [5, 5.41) is 7.98. The lowest BCUT2D eigenvalue weighted by Crippen LogP contribution is -2.41. The predicted octanol–water partition coefficient (Wildman–Crippen LogP) is 3.82. The molecule has 1 aromatic heterocycles. The third kappa shape index (κ3) is 4.15. The quantitative estimate of drug-likeness (QED) is 0.874. The molecule has 0 saturated carbocycles. The number of hydrogen-bond donors (Lipinski definition) is 1. The minimum absolute atomic E-state index is 0.188. The molecule has 5 heteroatoms. The molecule has 0 spiro atoms. The molecule has 1 aliphatic rings. The number of anilines is 1. The Morgan fingerprint density at radius 1 is 1.38 bits per heavy atom. The molecular weight excluding hydrogens is 303 g/mol. The molecule has 0 radical (unpaired) electrons. The third-order valence-electron chi connectivity index (χ3n) is 4.74. The van der Waals surface area contributed by atoms with Gasteiger partial charge in [0.1, 0.15) is 5.82 Å². The number of nitrogens with one attached hydrogen (secondary N) is 1. The van der Waals surface area contributed by atoms with Gasteiger partial charge in [-0.15, -0.1) is 0 Å². The summed E-state index contributed by atoms with van der Waals surface area (Å²) < 4.78 is 15.4. The van der Waals surface area contributed by atoms with Gasteiger partial charge in [0, 0.05) is 42.6 Å². The van der Waals surface area contributed by atoms with E-state index >= 15 is 0 Å². The van der Waals surface area contributed by atoms with Gasteiger partial charge in [-0.25, -0.2) is 4.39 Å². The second kappa shape index (κ2) is 7.79. The highest BCUT2D eigenvalue weighted by Gasteiger charge is 2.21. The van der Waals surface area contributed by atoms with Crippen molar-refractivity contribution in [2.24, 2.45) is 0 Å². The molecule has 0 aliphatic carbocycles. The minimum Gasteiger partial charge on any atom is -0.381 e. The highest BCUT2D eigenvalue weighted by Crippen LogP contribution is 2.19. The van der Waals surface area contributed by atoms with Crippen molar-refractivity contribution in [3.63, 3.8) is 0 Å². The van der Waals surface area contributed by atoms with Crippen molar-refractivity contribution < 1.29 is 4.39 Å². The van der Waals surface area contributed by atoms with Crippen LogP contribution >= 0.6 is 0 Å². The molecule has 0 bridgehead atoms. The predicted molar refractivity (Wildman–Crippen MR) is 95.6 cm³/mol. The highest BCUT2D eigenvalue weighted by molar-refractivity contribution is 5.44. The molecular formula is C19H27FN4. The van der Waals surface area contributed by atoms with Crippen LogP contribution < -0.4 is 5.32 Å². The molecule has 2 heterocycles. The molecule has 1 fully saturated rings. The molecule has 3 rings (SSSR count). The molecule has 4 nitrogen and oxygen atoms in total. The number of aryl methyl sites for hydroxylation is 1. The van der Waals surface area contributed by atoms with Crippen molar-refractivity contribution in [2.45, 2.75) is 52.2 Å². The molecule has 1 saturated heterocycles. The van der Waals surface area contributed by atoms with Crippen LogP contribution in [0, 0.1) is 12.7 Å². The lowest BCUT2D eigenvalue weighted by atomic mass is 10.0.